The summed E-state index contributed by atoms with van der Waals surface area (Å²) in [5.41, 5.74) is 26.4. The third-order valence-corrected chi connectivity index (χ3v) is 30.4. The summed E-state index contributed by atoms with van der Waals surface area (Å²) in [7, 11) is 0.000590. The minimum Gasteiger partial charge on any atom is -0.323 e. The van der Waals surface area contributed by atoms with Gasteiger partial charge in [0, 0.05) is 39.0 Å². The van der Waals surface area contributed by atoms with Crippen molar-refractivity contribution in [1.29, 1.82) is 0 Å². The minimum atomic E-state index is -0.937. The average molecular weight is 1900 g/mol. The molecule has 0 aliphatic carbocycles. The summed E-state index contributed by atoms with van der Waals surface area (Å²) < 4.78 is 0. The van der Waals surface area contributed by atoms with Crippen LogP contribution < -0.4 is 69.0 Å². The van der Waals surface area contributed by atoms with E-state index in [1.807, 2.05) is 14.1 Å². The number of benzene rings is 16. The first-order valence-corrected chi connectivity index (χ1v) is 44.4. The number of rotatable bonds is 14. The fourth-order valence-corrected chi connectivity index (χ4v) is 28.6. The van der Waals surface area contributed by atoms with Gasteiger partial charge in [-0.05, 0) is 286 Å². The van der Waals surface area contributed by atoms with Gasteiger partial charge in [-0.1, -0.05) is 380 Å². The van der Waals surface area contributed by atoms with E-state index in [9.17, 15) is 0 Å². The Balaban J connectivity index is 0.000000298. The predicted molar refractivity (Wildman–Crippen MR) is 536 cm³/mol. The Morgan fingerprint density at radius 3 is 0.415 bits per heavy atom. The van der Waals surface area contributed by atoms with Gasteiger partial charge in [0.15, 0.2) is 0 Å². The Morgan fingerprint density at radius 2 is 0.288 bits per heavy atom. The van der Waals surface area contributed by atoms with Gasteiger partial charge in [-0.2, -0.15) is 0 Å². The first-order chi connectivity index (χ1) is 53.4. The molecule has 0 atom stereocenters. The molecule has 12 heteroatoms. The van der Waals surface area contributed by atoms with E-state index in [0.29, 0.717) is 0 Å². The van der Waals surface area contributed by atoms with E-state index in [1.165, 1.54) is 218 Å². The monoisotopic (exact) mass is 1900 g/mol. The molecule has 0 aliphatic heterocycles. The second-order valence-electron chi connectivity index (χ2n) is 31.3. The van der Waals surface area contributed by atoms with E-state index in [4.69, 9.17) is 0 Å². The Kier molecular flexibility index (Phi) is 35.8. The van der Waals surface area contributed by atoms with Gasteiger partial charge in [-0.3, -0.25) is 0 Å². The van der Waals surface area contributed by atoms with E-state index in [1.54, 1.807) is 0 Å². The van der Waals surface area contributed by atoms with Crippen LogP contribution >= 0.6 is 93.7 Å². The maximum Gasteiger partial charge on any atom is 0 e. The predicted octanol–water partition coefficient (Wildman–Crippen LogP) is 25.2. The topological polar surface area (TPSA) is 12.0 Å². The smallest absolute Gasteiger partial charge is 0 e. The van der Waals surface area contributed by atoms with Crippen LogP contribution in [0.2, 0.25) is 0 Å². The number of aryl methyl sites for hydroxylation is 16. The van der Waals surface area contributed by atoms with Crippen molar-refractivity contribution in [2.75, 3.05) is 14.1 Å². The van der Waals surface area contributed by atoms with Crippen molar-refractivity contribution in [1.82, 2.24) is 5.32 Å². The van der Waals surface area contributed by atoms with E-state index in [0.717, 1.165) is 0 Å². The largest absolute Gasteiger partial charge is 0.323 e. The SMILES string of the molecule is CNC.Cc1cc(C)cc(P(c2cc(C)cc(C)c2)c2ccc3ccccc3c2-c2c(P(c3cc(C)cc(C)c3)c3cc(C)cc(C)c3)ccc3ccccc23)c1.Cc1cc(C)cc(P(c2cc(C)cc(C)c2)c2ccc3ccccc3c2-c2c(P(c3cc(C)cc(C)c3)c3cc(C)cc(C)c3)ccc3ccccc23)c1.Cl.Cl.Cl.Cl.Cl.[Ru].[Ru]. The molecule has 0 fully saturated rings. The van der Waals surface area contributed by atoms with E-state index in [2.05, 4.69) is 407 Å². The molecule has 0 aromatic heterocycles. The van der Waals surface area contributed by atoms with Crippen LogP contribution in [0.5, 0.6) is 0 Å². The maximum absolute atomic E-state index is 2.75. The van der Waals surface area contributed by atoms with Gasteiger partial charge in [0.2, 0.25) is 0 Å². The molecule has 1 nitrogen and oxygen atoms in total. The molecule has 1 N–H and O–H groups in total. The standard InChI is InChI=1S/2C52H48P2.C2H7N.5ClH.2Ru/c2*1-33-21-34(2)26-43(25-33)53(44-27-35(3)22-36(4)28-44)49-19-17-41-13-9-11-15-47(41)51(49)52-48-16-12-10-14-42(48)18-20-50(52)54(45-29-37(5)23-38(6)30-45)46-31-39(7)24-40(8)32-46;1-3-2;;;;;;;/h2*9-32H,1-8H3;3H,1-2H3;5*1H;;. The van der Waals surface area contributed by atoms with Crippen molar-refractivity contribution in [3.63, 3.8) is 0 Å². The molecule has 0 aliphatic rings. The molecule has 118 heavy (non-hydrogen) atoms. The van der Waals surface area contributed by atoms with Crippen molar-refractivity contribution in [3.05, 3.63) is 380 Å². The summed E-state index contributed by atoms with van der Waals surface area (Å²) in [4.78, 5) is 0. The van der Waals surface area contributed by atoms with Gasteiger partial charge >= 0.3 is 0 Å². The summed E-state index contributed by atoms with van der Waals surface area (Å²) in [6.45, 7) is 35.9. The molecule has 0 saturated carbocycles. The van der Waals surface area contributed by atoms with Gasteiger partial charge < -0.3 is 5.32 Å². The van der Waals surface area contributed by atoms with Crippen LogP contribution in [0.25, 0.3) is 65.3 Å². The molecule has 0 saturated heterocycles. The van der Waals surface area contributed by atoms with Gasteiger partial charge in [-0.25, -0.2) is 0 Å². The molecule has 0 amide bonds. The van der Waals surface area contributed by atoms with Crippen LogP contribution in [0.3, 0.4) is 0 Å². The second kappa shape index (κ2) is 43.1. The van der Waals surface area contributed by atoms with Crippen LogP contribution in [0, 0.1) is 111 Å². The third-order valence-electron chi connectivity index (χ3n) is 20.8. The number of fused-ring (bicyclic) bond motifs is 4. The molecule has 16 aromatic carbocycles. The first kappa shape index (κ1) is 98.1. The summed E-state index contributed by atoms with van der Waals surface area (Å²) in [5, 5.41) is 29.9. The number of halogens is 5. The zero-order valence-corrected chi connectivity index (χ0v) is 81.9. The number of hydrogen-bond donors (Lipinski definition) is 1. The number of nitrogens with one attached hydrogen (secondary N) is 1. The molecule has 16 rings (SSSR count). The fourth-order valence-electron chi connectivity index (χ4n) is 17.2. The average Bonchev–Trinajstić information content (AvgIpc) is 0.732. The van der Waals surface area contributed by atoms with Crippen LogP contribution in [-0.4, -0.2) is 14.1 Å². The van der Waals surface area contributed by atoms with Crippen LogP contribution in [0.15, 0.2) is 291 Å². The Morgan fingerprint density at radius 1 is 0.169 bits per heavy atom. The van der Waals surface area contributed by atoms with Crippen LogP contribution in [-0.2, 0) is 39.0 Å². The van der Waals surface area contributed by atoms with Gasteiger partial charge in [0.1, 0.15) is 0 Å². The van der Waals surface area contributed by atoms with Gasteiger partial charge in [0.05, 0.1) is 0 Å². The molecule has 16 aromatic rings. The molecule has 608 valence electrons. The number of hydrogen-bond acceptors (Lipinski definition) is 1. The maximum atomic E-state index is 2.75. The zero-order chi connectivity index (χ0) is 78.1. The Labute approximate surface area is 764 Å². The third kappa shape index (κ3) is 21.9. The van der Waals surface area contributed by atoms with Crippen molar-refractivity contribution in [3.8, 4) is 22.3 Å². The molecule has 0 heterocycles. The quantitative estimate of drug-likeness (QED) is 0.0845. The molecular weight excluding hydrogens is 1790 g/mol. The molecule has 0 spiro atoms. The van der Waals surface area contributed by atoms with E-state index < -0.39 is 31.7 Å². The van der Waals surface area contributed by atoms with Gasteiger partial charge in [0.25, 0.3) is 0 Å². The summed E-state index contributed by atoms with van der Waals surface area (Å²) in [5.74, 6) is 0. The van der Waals surface area contributed by atoms with Crippen molar-refractivity contribution < 1.29 is 39.0 Å². The molecule has 0 radical (unpaired) electrons. The summed E-state index contributed by atoms with van der Waals surface area (Å²) in [6, 6.07) is 113. The summed E-state index contributed by atoms with van der Waals surface area (Å²) >= 11 is 0. The van der Waals surface area contributed by atoms with Gasteiger partial charge in [-0.15, -0.1) is 62.0 Å². The van der Waals surface area contributed by atoms with Crippen molar-refractivity contribution in [2.45, 2.75) is 111 Å². The van der Waals surface area contributed by atoms with E-state index >= 15 is 0 Å². The first-order valence-electron chi connectivity index (χ1n) is 39.0. The Hall–Kier alpha value is -7.06. The fraction of sp³-hybridized carbons (Fsp3) is 0.170. The second-order valence-corrected chi connectivity index (χ2v) is 40.1. The van der Waals surface area contributed by atoms with Crippen LogP contribution in [0.1, 0.15) is 89.0 Å². The minimum absolute atomic E-state index is 0. The summed E-state index contributed by atoms with van der Waals surface area (Å²) in [6.07, 6.45) is 0. The molecule has 0 unspecified atom stereocenters. The van der Waals surface area contributed by atoms with Crippen molar-refractivity contribution >= 4 is 200 Å². The van der Waals surface area contributed by atoms with Crippen molar-refractivity contribution in [2.24, 2.45) is 0 Å². The normalized spacial score (nSPS) is 10.8. The zero-order valence-electron chi connectivity index (χ0n) is 70.8. The molecular formula is C106H108Cl5NP4Ru2. The van der Waals surface area contributed by atoms with E-state index in [-0.39, 0.29) is 101 Å². The Bertz CT molecular complexity index is 5140. The van der Waals surface area contributed by atoms with Crippen LogP contribution in [0.4, 0.5) is 0 Å². The molecule has 0 bridgehead atoms.